The maximum absolute atomic E-state index is 12.0. The number of aromatic nitrogens is 2. The number of rotatable bonds is 6. The summed E-state index contributed by atoms with van der Waals surface area (Å²) < 4.78 is 5.09. The Labute approximate surface area is 144 Å². The van der Waals surface area contributed by atoms with Gasteiger partial charge in [-0.05, 0) is 42.8 Å². The van der Waals surface area contributed by atoms with Gasteiger partial charge in [-0.2, -0.15) is 0 Å². The van der Waals surface area contributed by atoms with E-state index in [0.717, 1.165) is 27.7 Å². The van der Waals surface area contributed by atoms with Crippen molar-refractivity contribution < 1.29 is 9.53 Å². The van der Waals surface area contributed by atoms with E-state index in [9.17, 15) is 4.79 Å². The van der Waals surface area contributed by atoms with E-state index in [2.05, 4.69) is 15.3 Å². The van der Waals surface area contributed by atoms with Gasteiger partial charge in [-0.15, -0.1) is 11.3 Å². The molecule has 1 amide bonds. The fraction of sp³-hybridized carbons (Fsp3) is 0.167. The molecule has 24 heavy (non-hydrogen) atoms. The molecule has 0 aliphatic rings. The lowest BCUT2D eigenvalue weighted by atomic mass is 10.2. The normalized spacial score (nSPS) is 10.4. The maximum atomic E-state index is 12.0. The summed E-state index contributed by atoms with van der Waals surface area (Å²) in [5.74, 6) is 0.734. The summed E-state index contributed by atoms with van der Waals surface area (Å²) in [4.78, 5) is 20.6. The summed E-state index contributed by atoms with van der Waals surface area (Å²) in [6.07, 6.45) is 4.51. The first kappa shape index (κ1) is 16.1. The van der Waals surface area contributed by atoms with Crippen molar-refractivity contribution in [3.05, 3.63) is 59.9 Å². The van der Waals surface area contributed by atoms with Gasteiger partial charge in [0.05, 0.1) is 12.8 Å². The number of nitrogens with zero attached hydrogens (tertiary/aromatic N) is 2. The number of hydrogen-bond acceptors (Lipinski definition) is 5. The average molecular weight is 339 g/mol. The summed E-state index contributed by atoms with van der Waals surface area (Å²) >= 11 is 1.58. The van der Waals surface area contributed by atoms with Crippen LogP contribution in [0.15, 0.2) is 54.2 Å². The van der Waals surface area contributed by atoms with Crippen molar-refractivity contribution in [2.24, 2.45) is 0 Å². The van der Waals surface area contributed by atoms with E-state index >= 15 is 0 Å². The van der Waals surface area contributed by atoms with E-state index < -0.39 is 0 Å². The summed E-state index contributed by atoms with van der Waals surface area (Å²) in [5.41, 5.74) is 2.73. The van der Waals surface area contributed by atoms with Crippen LogP contribution in [0.2, 0.25) is 0 Å². The zero-order valence-electron chi connectivity index (χ0n) is 13.2. The molecule has 5 nitrogen and oxygen atoms in total. The van der Waals surface area contributed by atoms with E-state index in [0.29, 0.717) is 12.8 Å². The second-order valence-electron chi connectivity index (χ2n) is 5.16. The number of anilines is 1. The van der Waals surface area contributed by atoms with Crippen LogP contribution >= 0.6 is 11.3 Å². The number of nitrogens with one attached hydrogen (secondary N) is 1. The summed E-state index contributed by atoms with van der Waals surface area (Å²) in [6.45, 7) is 0. The van der Waals surface area contributed by atoms with Crippen LogP contribution in [0.25, 0.3) is 10.6 Å². The Balaban J connectivity index is 1.53. The molecule has 122 valence electrons. The molecular weight excluding hydrogens is 322 g/mol. The third-order valence-electron chi connectivity index (χ3n) is 3.46. The first-order valence-corrected chi connectivity index (χ1v) is 8.41. The number of hydrogen-bond donors (Lipinski definition) is 1. The highest BCUT2D eigenvalue weighted by molar-refractivity contribution is 7.13. The standard InChI is InChI=1S/C18H17N3O2S/c1-23-16-5-2-14(3-6-16)20-17(22)7-4-15-12-24-18(21-15)13-8-10-19-11-9-13/h2-3,5-6,8-12H,4,7H2,1H3,(H,20,22). The molecule has 0 saturated carbocycles. The van der Waals surface area contributed by atoms with Gasteiger partial charge in [0.1, 0.15) is 10.8 Å². The van der Waals surface area contributed by atoms with Gasteiger partial charge in [0.15, 0.2) is 0 Å². The predicted octanol–water partition coefficient (Wildman–Crippen LogP) is 3.79. The summed E-state index contributed by atoms with van der Waals surface area (Å²) in [5, 5.41) is 5.82. The van der Waals surface area contributed by atoms with Gasteiger partial charge in [0.25, 0.3) is 0 Å². The van der Waals surface area contributed by atoms with Crippen molar-refractivity contribution in [1.29, 1.82) is 0 Å². The molecule has 0 radical (unpaired) electrons. The molecule has 0 atom stereocenters. The Hall–Kier alpha value is -2.73. The molecular formula is C18H17N3O2S. The third kappa shape index (κ3) is 4.17. The highest BCUT2D eigenvalue weighted by atomic mass is 32.1. The highest BCUT2D eigenvalue weighted by Crippen LogP contribution is 2.23. The number of aryl methyl sites for hydroxylation is 1. The van der Waals surface area contributed by atoms with Crippen LogP contribution in [0.1, 0.15) is 12.1 Å². The van der Waals surface area contributed by atoms with Gasteiger partial charge in [0, 0.05) is 35.4 Å². The maximum Gasteiger partial charge on any atom is 0.224 e. The van der Waals surface area contributed by atoms with Gasteiger partial charge in [-0.1, -0.05) is 0 Å². The topological polar surface area (TPSA) is 64.1 Å². The molecule has 6 heteroatoms. The van der Waals surface area contributed by atoms with Gasteiger partial charge in [0.2, 0.25) is 5.91 Å². The van der Waals surface area contributed by atoms with Crippen molar-refractivity contribution >= 4 is 22.9 Å². The van der Waals surface area contributed by atoms with Gasteiger partial charge >= 0.3 is 0 Å². The second kappa shape index (κ2) is 7.70. The van der Waals surface area contributed by atoms with E-state index in [1.54, 1.807) is 30.8 Å². The van der Waals surface area contributed by atoms with Crippen LogP contribution in [0.3, 0.4) is 0 Å². The van der Waals surface area contributed by atoms with Crippen molar-refractivity contribution in [3.63, 3.8) is 0 Å². The first-order valence-electron chi connectivity index (χ1n) is 7.53. The first-order chi connectivity index (χ1) is 11.7. The van der Waals surface area contributed by atoms with Crippen molar-refractivity contribution in [2.75, 3.05) is 12.4 Å². The largest absolute Gasteiger partial charge is 0.497 e. The molecule has 3 rings (SSSR count). The van der Waals surface area contributed by atoms with Crippen molar-refractivity contribution in [2.45, 2.75) is 12.8 Å². The van der Waals surface area contributed by atoms with Crippen molar-refractivity contribution in [3.8, 4) is 16.3 Å². The Morgan fingerprint density at radius 2 is 1.92 bits per heavy atom. The van der Waals surface area contributed by atoms with E-state index in [4.69, 9.17) is 4.74 Å². The molecule has 3 aromatic rings. The van der Waals surface area contributed by atoms with Crippen LogP contribution in [0, 0.1) is 0 Å². The zero-order chi connectivity index (χ0) is 16.8. The Morgan fingerprint density at radius 1 is 1.17 bits per heavy atom. The van der Waals surface area contributed by atoms with Gasteiger partial charge in [-0.3, -0.25) is 9.78 Å². The quantitative estimate of drug-likeness (QED) is 0.742. The smallest absolute Gasteiger partial charge is 0.224 e. The molecule has 0 fully saturated rings. The zero-order valence-corrected chi connectivity index (χ0v) is 14.0. The lowest BCUT2D eigenvalue weighted by molar-refractivity contribution is -0.116. The molecule has 0 aliphatic carbocycles. The fourth-order valence-electron chi connectivity index (χ4n) is 2.19. The SMILES string of the molecule is COc1ccc(NC(=O)CCc2csc(-c3ccncc3)n2)cc1. The number of pyridine rings is 1. The van der Waals surface area contributed by atoms with Crippen LogP contribution in [-0.4, -0.2) is 23.0 Å². The number of amides is 1. The summed E-state index contributed by atoms with van der Waals surface area (Å²) in [7, 11) is 1.61. The summed E-state index contributed by atoms with van der Waals surface area (Å²) in [6, 6.07) is 11.1. The van der Waals surface area contributed by atoms with Crippen LogP contribution in [0.4, 0.5) is 5.69 Å². The molecule has 2 heterocycles. The highest BCUT2D eigenvalue weighted by Gasteiger charge is 2.08. The fourth-order valence-corrected chi connectivity index (χ4v) is 3.05. The molecule has 0 aliphatic heterocycles. The van der Waals surface area contributed by atoms with Crippen molar-refractivity contribution in [1.82, 2.24) is 9.97 Å². The van der Waals surface area contributed by atoms with Crippen LogP contribution in [0.5, 0.6) is 5.75 Å². The number of carbonyl (C=O) groups excluding carboxylic acids is 1. The molecule has 2 aromatic heterocycles. The minimum Gasteiger partial charge on any atom is -0.497 e. The number of carbonyl (C=O) groups is 1. The van der Waals surface area contributed by atoms with Crippen LogP contribution < -0.4 is 10.1 Å². The van der Waals surface area contributed by atoms with E-state index in [-0.39, 0.29) is 5.91 Å². The Kier molecular flexibility index (Phi) is 5.18. The number of benzene rings is 1. The van der Waals surface area contributed by atoms with Crippen LogP contribution in [-0.2, 0) is 11.2 Å². The monoisotopic (exact) mass is 339 g/mol. The van der Waals surface area contributed by atoms with Gasteiger partial charge < -0.3 is 10.1 Å². The molecule has 0 spiro atoms. The second-order valence-corrected chi connectivity index (χ2v) is 6.01. The lowest BCUT2D eigenvalue weighted by Crippen LogP contribution is -2.12. The molecule has 1 N–H and O–H groups in total. The number of methoxy groups -OCH3 is 1. The molecule has 0 unspecified atom stereocenters. The average Bonchev–Trinajstić information content (AvgIpc) is 3.10. The van der Waals surface area contributed by atoms with Gasteiger partial charge in [-0.25, -0.2) is 4.98 Å². The minimum atomic E-state index is -0.0290. The third-order valence-corrected chi connectivity index (χ3v) is 4.40. The predicted molar refractivity (Wildman–Crippen MR) is 95.3 cm³/mol. The molecule has 1 aromatic carbocycles. The van der Waals surface area contributed by atoms with E-state index in [1.807, 2.05) is 41.8 Å². The molecule has 0 saturated heterocycles. The van der Waals surface area contributed by atoms with E-state index in [1.165, 1.54) is 0 Å². The Bertz CT molecular complexity index is 801. The Morgan fingerprint density at radius 3 is 2.62 bits per heavy atom. The minimum absolute atomic E-state index is 0.0290. The number of ether oxygens (including phenoxy) is 1. The number of thiazole rings is 1. The molecule has 0 bridgehead atoms. The lowest BCUT2D eigenvalue weighted by Gasteiger charge is -2.05.